The molecular formula is C18H19N3O2. The first-order valence-corrected chi connectivity index (χ1v) is 7.57. The van der Waals surface area contributed by atoms with Crippen molar-refractivity contribution in [2.75, 3.05) is 11.9 Å². The van der Waals surface area contributed by atoms with Crippen LogP contribution in [-0.4, -0.2) is 21.6 Å². The van der Waals surface area contributed by atoms with Crippen LogP contribution in [0.3, 0.4) is 0 Å². The lowest BCUT2D eigenvalue weighted by Crippen LogP contribution is -2.25. The number of aromatic nitrogens is 2. The summed E-state index contributed by atoms with van der Waals surface area (Å²) in [6.45, 7) is 2.27. The second-order valence-electron chi connectivity index (χ2n) is 5.75. The molecule has 1 aromatic heterocycles. The molecule has 1 unspecified atom stereocenters. The average Bonchev–Trinajstić information content (AvgIpc) is 2.56. The first-order valence-electron chi connectivity index (χ1n) is 7.57. The first kappa shape index (κ1) is 15.2. The van der Waals surface area contributed by atoms with E-state index in [9.17, 15) is 9.90 Å². The summed E-state index contributed by atoms with van der Waals surface area (Å²) < 4.78 is 0. The molecule has 3 aromatic rings. The van der Waals surface area contributed by atoms with Crippen LogP contribution < -0.4 is 10.9 Å². The van der Waals surface area contributed by atoms with E-state index in [0.717, 1.165) is 5.56 Å². The lowest BCUT2D eigenvalue weighted by Gasteiger charge is -2.24. The summed E-state index contributed by atoms with van der Waals surface area (Å²) >= 11 is 0. The number of aliphatic hydroxyl groups is 1. The highest BCUT2D eigenvalue weighted by molar-refractivity contribution is 5.78. The van der Waals surface area contributed by atoms with E-state index >= 15 is 0 Å². The molecular weight excluding hydrogens is 290 g/mol. The molecule has 23 heavy (non-hydrogen) atoms. The maximum Gasteiger partial charge on any atom is 0.260 e. The van der Waals surface area contributed by atoms with Gasteiger partial charge in [0.25, 0.3) is 5.56 Å². The van der Waals surface area contributed by atoms with Gasteiger partial charge in [-0.05, 0) is 31.0 Å². The number of hydrogen-bond acceptors (Lipinski definition) is 4. The Hall–Kier alpha value is -2.66. The summed E-state index contributed by atoms with van der Waals surface area (Å²) in [6, 6.07) is 16.7. The topological polar surface area (TPSA) is 78.0 Å². The summed E-state index contributed by atoms with van der Waals surface area (Å²) in [4.78, 5) is 19.1. The molecule has 0 aliphatic rings. The zero-order chi connectivity index (χ0) is 16.3. The van der Waals surface area contributed by atoms with E-state index in [1.54, 1.807) is 19.1 Å². The van der Waals surface area contributed by atoms with Gasteiger partial charge < -0.3 is 10.4 Å². The number of nitrogens with zero attached hydrogens (tertiary/aromatic N) is 1. The Labute approximate surface area is 134 Å². The Morgan fingerprint density at radius 1 is 1.13 bits per heavy atom. The maximum absolute atomic E-state index is 12.0. The summed E-state index contributed by atoms with van der Waals surface area (Å²) in [5.74, 6) is 0.414. The maximum atomic E-state index is 12.0. The van der Waals surface area contributed by atoms with E-state index < -0.39 is 5.60 Å². The molecule has 0 bridgehead atoms. The lowest BCUT2D eigenvalue weighted by molar-refractivity contribution is 0.0515. The van der Waals surface area contributed by atoms with Crippen LogP contribution in [0, 0.1) is 0 Å². The van der Waals surface area contributed by atoms with E-state index in [2.05, 4.69) is 15.3 Å². The van der Waals surface area contributed by atoms with Crippen molar-refractivity contribution in [3.63, 3.8) is 0 Å². The van der Waals surface area contributed by atoms with Gasteiger partial charge in [-0.15, -0.1) is 0 Å². The monoisotopic (exact) mass is 309 g/mol. The van der Waals surface area contributed by atoms with E-state index in [1.165, 1.54) is 0 Å². The van der Waals surface area contributed by atoms with Crippen molar-refractivity contribution in [1.29, 1.82) is 0 Å². The van der Waals surface area contributed by atoms with E-state index in [-0.39, 0.29) is 5.56 Å². The molecule has 0 saturated carbocycles. The van der Waals surface area contributed by atoms with Gasteiger partial charge in [-0.1, -0.05) is 42.5 Å². The zero-order valence-electron chi connectivity index (χ0n) is 12.9. The number of hydrogen-bond donors (Lipinski definition) is 3. The SMILES string of the molecule is CC(O)(CCNc1nc2ccccc2c(=O)[nH]1)c1ccccc1. The molecule has 118 valence electrons. The van der Waals surface area contributed by atoms with Gasteiger partial charge in [0, 0.05) is 6.54 Å². The molecule has 1 heterocycles. The highest BCUT2D eigenvalue weighted by Gasteiger charge is 2.22. The molecule has 0 radical (unpaired) electrons. The second kappa shape index (κ2) is 6.22. The molecule has 0 fully saturated rings. The van der Waals surface area contributed by atoms with Gasteiger partial charge in [0.2, 0.25) is 5.95 Å². The van der Waals surface area contributed by atoms with Crippen molar-refractivity contribution in [2.24, 2.45) is 0 Å². The predicted molar refractivity (Wildman–Crippen MR) is 91.5 cm³/mol. The third-order valence-corrected chi connectivity index (χ3v) is 3.91. The van der Waals surface area contributed by atoms with Crippen LogP contribution in [0.4, 0.5) is 5.95 Å². The normalized spacial score (nSPS) is 13.7. The number of anilines is 1. The highest BCUT2D eigenvalue weighted by atomic mass is 16.3. The van der Waals surface area contributed by atoms with Crippen molar-refractivity contribution < 1.29 is 5.11 Å². The van der Waals surface area contributed by atoms with Crippen molar-refractivity contribution in [3.05, 3.63) is 70.5 Å². The van der Waals surface area contributed by atoms with Gasteiger partial charge in [-0.25, -0.2) is 4.98 Å². The van der Waals surface area contributed by atoms with Gasteiger partial charge in [-0.3, -0.25) is 9.78 Å². The van der Waals surface area contributed by atoms with Crippen LogP contribution in [0.2, 0.25) is 0 Å². The lowest BCUT2D eigenvalue weighted by atomic mass is 9.93. The molecule has 5 heteroatoms. The van der Waals surface area contributed by atoms with Crippen LogP contribution >= 0.6 is 0 Å². The Balaban J connectivity index is 1.70. The molecule has 0 amide bonds. The Bertz CT molecular complexity index is 857. The summed E-state index contributed by atoms with van der Waals surface area (Å²) in [6.07, 6.45) is 0.494. The van der Waals surface area contributed by atoms with Crippen LogP contribution in [0.1, 0.15) is 18.9 Å². The predicted octanol–water partition coefficient (Wildman–Crippen LogP) is 2.63. The zero-order valence-corrected chi connectivity index (χ0v) is 12.9. The van der Waals surface area contributed by atoms with Gasteiger partial charge in [0.05, 0.1) is 16.5 Å². The van der Waals surface area contributed by atoms with Crippen molar-refractivity contribution in [2.45, 2.75) is 18.9 Å². The number of benzene rings is 2. The number of para-hydroxylation sites is 1. The minimum atomic E-state index is -0.939. The number of aromatic amines is 1. The molecule has 3 rings (SSSR count). The quantitative estimate of drug-likeness (QED) is 0.677. The largest absolute Gasteiger partial charge is 0.385 e. The smallest absolute Gasteiger partial charge is 0.260 e. The highest BCUT2D eigenvalue weighted by Crippen LogP contribution is 2.23. The molecule has 3 N–H and O–H groups in total. The van der Waals surface area contributed by atoms with Crippen molar-refractivity contribution in [3.8, 4) is 0 Å². The van der Waals surface area contributed by atoms with E-state index in [0.29, 0.717) is 29.8 Å². The standard InChI is InChI=1S/C18H19N3O2/c1-18(23,13-7-3-2-4-8-13)11-12-19-17-20-15-10-6-5-9-14(15)16(22)21-17/h2-10,23H,11-12H2,1H3,(H2,19,20,21,22). The van der Waals surface area contributed by atoms with Crippen LogP contribution in [0.25, 0.3) is 10.9 Å². The van der Waals surface area contributed by atoms with Gasteiger partial charge in [-0.2, -0.15) is 0 Å². The van der Waals surface area contributed by atoms with E-state index in [4.69, 9.17) is 0 Å². The molecule has 0 aliphatic carbocycles. The second-order valence-corrected chi connectivity index (χ2v) is 5.75. The third-order valence-electron chi connectivity index (χ3n) is 3.91. The fraction of sp³-hybridized carbons (Fsp3) is 0.222. The van der Waals surface area contributed by atoms with Gasteiger partial charge in [0.1, 0.15) is 0 Å². The molecule has 1 atom stereocenters. The van der Waals surface area contributed by atoms with Gasteiger partial charge in [0.15, 0.2) is 0 Å². The summed E-state index contributed by atoms with van der Waals surface area (Å²) in [5, 5.41) is 14.2. The average molecular weight is 309 g/mol. The van der Waals surface area contributed by atoms with Crippen molar-refractivity contribution >= 4 is 16.9 Å². The molecule has 0 saturated heterocycles. The summed E-state index contributed by atoms with van der Waals surface area (Å²) in [7, 11) is 0. The minimum Gasteiger partial charge on any atom is -0.385 e. The molecule has 2 aromatic carbocycles. The summed E-state index contributed by atoms with van der Waals surface area (Å²) in [5.41, 5.74) is 0.397. The number of nitrogens with one attached hydrogen (secondary N) is 2. The molecule has 0 spiro atoms. The van der Waals surface area contributed by atoms with E-state index in [1.807, 2.05) is 42.5 Å². The van der Waals surface area contributed by atoms with Crippen LogP contribution in [-0.2, 0) is 5.60 Å². The first-order chi connectivity index (χ1) is 11.1. The molecule has 0 aliphatic heterocycles. The minimum absolute atomic E-state index is 0.173. The van der Waals surface area contributed by atoms with Crippen LogP contribution in [0.5, 0.6) is 0 Å². The fourth-order valence-corrected chi connectivity index (χ4v) is 2.54. The fourth-order valence-electron chi connectivity index (χ4n) is 2.54. The Kier molecular flexibility index (Phi) is 4.12. The Morgan fingerprint density at radius 3 is 2.61 bits per heavy atom. The van der Waals surface area contributed by atoms with Crippen LogP contribution in [0.15, 0.2) is 59.4 Å². The number of fused-ring (bicyclic) bond motifs is 1. The molecule has 5 nitrogen and oxygen atoms in total. The van der Waals surface area contributed by atoms with Crippen molar-refractivity contribution in [1.82, 2.24) is 9.97 Å². The van der Waals surface area contributed by atoms with Gasteiger partial charge >= 0.3 is 0 Å². The number of rotatable bonds is 5. The number of H-pyrrole nitrogens is 1. The third kappa shape index (κ3) is 3.40. The Morgan fingerprint density at radius 2 is 1.83 bits per heavy atom.